The Kier molecular flexibility index (Phi) is 1.70. The number of alkyl carbamates (subject to hydrolysis) is 1. The molecule has 1 saturated heterocycles. The van der Waals surface area contributed by atoms with E-state index in [9.17, 15) is 9.59 Å². The normalized spacial score (nSPS) is 26.8. The minimum atomic E-state index is -1.11. The molecule has 5 heteroatoms. The maximum absolute atomic E-state index is 11.8. The Hall–Kier alpha value is -1.78. The summed E-state index contributed by atoms with van der Waals surface area (Å²) in [7, 11) is 5.67. The van der Waals surface area contributed by atoms with E-state index in [-0.39, 0.29) is 5.91 Å². The molecule has 1 aliphatic carbocycles. The first-order valence-corrected chi connectivity index (χ1v) is 5.05. The second-order valence-corrected chi connectivity index (χ2v) is 4.09. The number of aryl methyl sites for hydroxylation is 1. The highest BCUT2D eigenvalue weighted by Crippen LogP contribution is 2.42. The van der Waals surface area contributed by atoms with Crippen LogP contribution < -0.4 is 10.8 Å². The Balaban J connectivity index is 2.15. The van der Waals surface area contributed by atoms with E-state index in [1.54, 1.807) is 12.1 Å². The molecule has 2 aliphatic rings. The van der Waals surface area contributed by atoms with E-state index in [2.05, 4.69) is 5.32 Å². The van der Waals surface area contributed by atoms with Gasteiger partial charge in [0.15, 0.2) is 0 Å². The molecule has 0 aromatic heterocycles. The average molecular weight is 213 g/mol. The van der Waals surface area contributed by atoms with Crippen LogP contribution in [0.1, 0.15) is 17.5 Å². The van der Waals surface area contributed by atoms with Crippen molar-refractivity contribution >= 4 is 25.3 Å². The molecule has 4 nitrogen and oxygen atoms in total. The van der Waals surface area contributed by atoms with Gasteiger partial charge in [-0.1, -0.05) is 23.7 Å². The minimum Gasteiger partial charge on any atom is -0.427 e. The van der Waals surface area contributed by atoms with Gasteiger partial charge >= 0.3 is 6.09 Å². The number of amides is 2. The molecule has 3 rings (SSSR count). The SMILES string of the molecule is [B]c1ccc2c(c1)CCC21OC(=O)NC1=O. The Morgan fingerprint density at radius 1 is 1.38 bits per heavy atom. The van der Waals surface area contributed by atoms with Gasteiger partial charge in [-0.25, -0.2) is 4.79 Å². The molecular weight excluding hydrogens is 205 g/mol. The van der Waals surface area contributed by atoms with Gasteiger partial charge in [-0.05, 0) is 12.0 Å². The van der Waals surface area contributed by atoms with Gasteiger partial charge in [0.1, 0.15) is 7.85 Å². The molecule has 1 fully saturated rings. The highest BCUT2D eigenvalue weighted by Gasteiger charge is 2.53. The molecule has 0 bridgehead atoms. The number of fused-ring (bicyclic) bond motifs is 2. The highest BCUT2D eigenvalue weighted by atomic mass is 16.6. The van der Waals surface area contributed by atoms with Crippen LogP contribution in [-0.4, -0.2) is 19.8 Å². The van der Waals surface area contributed by atoms with Crippen molar-refractivity contribution in [2.75, 3.05) is 0 Å². The summed E-state index contributed by atoms with van der Waals surface area (Å²) in [4.78, 5) is 22.9. The van der Waals surface area contributed by atoms with Gasteiger partial charge in [0.25, 0.3) is 5.91 Å². The van der Waals surface area contributed by atoms with Crippen molar-refractivity contribution in [2.45, 2.75) is 18.4 Å². The summed E-state index contributed by atoms with van der Waals surface area (Å²) in [5.41, 5.74) is 1.27. The zero-order valence-corrected chi connectivity index (χ0v) is 8.45. The van der Waals surface area contributed by atoms with Crippen molar-refractivity contribution < 1.29 is 14.3 Å². The summed E-state index contributed by atoms with van der Waals surface area (Å²) in [6, 6.07) is 5.30. The van der Waals surface area contributed by atoms with Crippen molar-refractivity contribution in [1.29, 1.82) is 0 Å². The smallest absolute Gasteiger partial charge is 0.415 e. The molecule has 78 valence electrons. The van der Waals surface area contributed by atoms with Crippen molar-refractivity contribution in [3.8, 4) is 0 Å². The van der Waals surface area contributed by atoms with Gasteiger partial charge in [0.2, 0.25) is 5.60 Å². The van der Waals surface area contributed by atoms with E-state index in [0.717, 1.165) is 11.1 Å². The minimum absolute atomic E-state index is 0.374. The number of carbonyl (C=O) groups excluding carboxylic acids is 2. The summed E-state index contributed by atoms with van der Waals surface area (Å²) < 4.78 is 5.15. The third-order valence-corrected chi connectivity index (χ3v) is 3.16. The highest BCUT2D eigenvalue weighted by molar-refractivity contribution is 6.32. The van der Waals surface area contributed by atoms with E-state index in [1.807, 2.05) is 6.07 Å². The third-order valence-electron chi connectivity index (χ3n) is 3.16. The maximum Gasteiger partial charge on any atom is 0.415 e. The van der Waals surface area contributed by atoms with Crippen LogP contribution >= 0.6 is 0 Å². The first-order valence-electron chi connectivity index (χ1n) is 5.05. The van der Waals surface area contributed by atoms with Crippen LogP contribution in [0.5, 0.6) is 0 Å². The standard InChI is InChI=1S/C11H8BNO3/c12-7-1-2-8-6(5-7)3-4-11(8)9(14)13-10(15)16-11/h1-2,5H,3-4H2,(H,13,14,15). The topological polar surface area (TPSA) is 55.4 Å². The van der Waals surface area contributed by atoms with E-state index in [0.29, 0.717) is 18.3 Å². The maximum atomic E-state index is 11.8. The fourth-order valence-corrected chi connectivity index (χ4v) is 2.43. The molecule has 1 aliphatic heterocycles. The quantitative estimate of drug-likeness (QED) is 0.611. The van der Waals surface area contributed by atoms with Crippen LogP contribution in [-0.2, 0) is 21.6 Å². The number of hydrogen-bond acceptors (Lipinski definition) is 3. The van der Waals surface area contributed by atoms with Gasteiger partial charge < -0.3 is 4.74 Å². The van der Waals surface area contributed by atoms with E-state index < -0.39 is 11.7 Å². The second kappa shape index (κ2) is 2.87. The van der Waals surface area contributed by atoms with E-state index >= 15 is 0 Å². The number of nitrogens with one attached hydrogen (secondary N) is 1. The lowest BCUT2D eigenvalue weighted by atomic mass is 9.89. The molecule has 1 heterocycles. The molecule has 1 spiro atoms. The Labute approximate surface area is 93.4 Å². The fourth-order valence-electron chi connectivity index (χ4n) is 2.43. The lowest BCUT2D eigenvalue weighted by molar-refractivity contribution is -0.131. The van der Waals surface area contributed by atoms with Crippen LogP contribution in [0, 0.1) is 0 Å². The lowest BCUT2D eigenvalue weighted by Gasteiger charge is -2.19. The number of carbonyl (C=O) groups is 2. The average Bonchev–Trinajstić information content (AvgIpc) is 2.70. The third kappa shape index (κ3) is 1.05. The van der Waals surface area contributed by atoms with Gasteiger partial charge in [0.05, 0.1) is 0 Å². The molecule has 1 unspecified atom stereocenters. The first-order chi connectivity index (χ1) is 7.62. The van der Waals surface area contributed by atoms with Gasteiger partial charge in [-0.2, -0.15) is 0 Å². The molecule has 1 N–H and O–H groups in total. The summed E-state index contributed by atoms with van der Waals surface area (Å²) in [5, 5.41) is 2.17. The van der Waals surface area contributed by atoms with E-state index in [4.69, 9.17) is 12.6 Å². The number of imide groups is 1. The Morgan fingerprint density at radius 3 is 2.88 bits per heavy atom. The van der Waals surface area contributed by atoms with Crippen LogP contribution in [0.3, 0.4) is 0 Å². The van der Waals surface area contributed by atoms with Crippen molar-refractivity contribution in [1.82, 2.24) is 5.32 Å². The number of hydrogen-bond donors (Lipinski definition) is 1. The monoisotopic (exact) mass is 213 g/mol. The van der Waals surface area contributed by atoms with Gasteiger partial charge in [-0.15, -0.1) is 0 Å². The van der Waals surface area contributed by atoms with Crippen molar-refractivity contribution in [3.05, 3.63) is 29.3 Å². The summed E-state index contributed by atoms with van der Waals surface area (Å²) in [6.07, 6.45) is 0.513. The zero-order valence-electron chi connectivity index (χ0n) is 8.45. The lowest BCUT2D eigenvalue weighted by Crippen LogP contribution is -2.34. The molecule has 1 atom stereocenters. The fraction of sp³-hybridized carbons (Fsp3) is 0.273. The molecule has 2 radical (unpaired) electrons. The van der Waals surface area contributed by atoms with E-state index in [1.165, 1.54) is 0 Å². The van der Waals surface area contributed by atoms with Crippen LogP contribution in [0.25, 0.3) is 0 Å². The number of benzene rings is 1. The molecule has 1 aromatic carbocycles. The summed E-state index contributed by atoms with van der Waals surface area (Å²) >= 11 is 0. The van der Waals surface area contributed by atoms with Crippen LogP contribution in [0.4, 0.5) is 4.79 Å². The number of ether oxygens (including phenoxy) is 1. The molecule has 0 saturated carbocycles. The first kappa shape index (κ1) is 9.45. The number of rotatable bonds is 0. The Bertz CT molecular complexity index is 514. The molecule has 16 heavy (non-hydrogen) atoms. The zero-order chi connectivity index (χ0) is 11.3. The largest absolute Gasteiger partial charge is 0.427 e. The second-order valence-electron chi connectivity index (χ2n) is 4.09. The molecular formula is C11H8BNO3. The Morgan fingerprint density at radius 2 is 2.19 bits per heavy atom. The van der Waals surface area contributed by atoms with Gasteiger partial charge in [0, 0.05) is 12.0 Å². The molecule has 2 amide bonds. The summed E-state index contributed by atoms with van der Waals surface area (Å²) in [6.45, 7) is 0. The van der Waals surface area contributed by atoms with Crippen molar-refractivity contribution in [2.24, 2.45) is 0 Å². The van der Waals surface area contributed by atoms with Crippen molar-refractivity contribution in [3.63, 3.8) is 0 Å². The van der Waals surface area contributed by atoms with Crippen LogP contribution in [0.15, 0.2) is 18.2 Å². The van der Waals surface area contributed by atoms with Gasteiger partial charge in [-0.3, -0.25) is 10.1 Å². The predicted octanol–water partition coefficient (Wildman–Crippen LogP) is -0.112. The molecule has 1 aromatic rings. The predicted molar refractivity (Wildman–Crippen MR) is 56.5 cm³/mol. The van der Waals surface area contributed by atoms with Crippen LogP contribution in [0.2, 0.25) is 0 Å². The summed E-state index contributed by atoms with van der Waals surface area (Å²) in [5.74, 6) is -0.374.